The lowest BCUT2D eigenvalue weighted by atomic mass is 9.47. The van der Waals surface area contributed by atoms with Gasteiger partial charge in [0.25, 0.3) is 0 Å². The van der Waals surface area contributed by atoms with Gasteiger partial charge in [-0.15, -0.1) is 0 Å². The van der Waals surface area contributed by atoms with E-state index in [1.165, 1.54) is 0 Å². The Balaban J connectivity index is 1.53. The van der Waals surface area contributed by atoms with Crippen LogP contribution in [0.15, 0.2) is 0 Å². The normalized spacial score (nSPS) is 35.8. The first-order valence-electron chi connectivity index (χ1n) is 9.94. The minimum Gasteiger partial charge on any atom is -0.396 e. The van der Waals surface area contributed by atoms with Crippen molar-refractivity contribution in [2.75, 3.05) is 26.4 Å². The number of hydrogen-bond donors (Lipinski definition) is 3. The largest absolute Gasteiger partial charge is 0.466 e. The monoisotopic (exact) mass is 470 g/mol. The van der Waals surface area contributed by atoms with Gasteiger partial charge in [-0.1, -0.05) is 0 Å². The lowest BCUT2D eigenvalue weighted by Crippen LogP contribution is -2.68. The molecule has 0 amide bonds. The van der Waals surface area contributed by atoms with Crippen LogP contribution in [0.3, 0.4) is 0 Å². The standard InChI is InChI=1S/C18H24F2O10S/c19-18(20,31(25,26)27)14(24)30-13(23)16-3-10-1-11(4-16)17(12(2-10)5-16)28-8-15(6-21,7-22)9-29-17/h10-12,21-22H,1-9H2,(H,25,26,27). The number of halogens is 2. The molecule has 5 rings (SSSR count). The summed E-state index contributed by atoms with van der Waals surface area (Å²) in [5, 5.41) is 13.9. The molecule has 4 aliphatic carbocycles. The van der Waals surface area contributed by atoms with Crippen LogP contribution in [0, 0.1) is 28.6 Å². The summed E-state index contributed by atoms with van der Waals surface area (Å²) in [6, 6.07) is 0. The molecule has 0 aromatic rings. The molecule has 31 heavy (non-hydrogen) atoms. The summed E-state index contributed by atoms with van der Waals surface area (Å²) < 4.78 is 73.5. The maximum absolute atomic E-state index is 13.5. The molecule has 1 saturated heterocycles. The molecule has 1 spiro atoms. The molecule has 1 heterocycles. The fraction of sp³-hybridized carbons (Fsp3) is 0.889. The second-order valence-electron chi connectivity index (χ2n) is 9.41. The van der Waals surface area contributed by atoms with Crippen molar-refractivity contribution in [2.24, 2.45) is 28.6 Å². The highest BCUT2D eigenvalue weighted by molar-refractivity contribution is 7.87. The van der Waals surface area contributed by atoms with Gasteiger partial charge < -0.3 is 24.4 Å². The van der Waals surface area contributed by atoms with Crippen LogP contribution in [0.1, 0.15) is 32.1 Å². The van der Waals surface area contributed by atoms with E-state index in [1.807, 2.05) is 0 Å². The van der Waals surface area contributed by atoms with E-state index >= 15 is 0 Å². The molecule has 5 aliphatic rings. The van der Waals surface area contributed by atoms with Crippen molar-refractivity contribution in [1.82, 2.24) is 0 Å². The van der Waals surface area contributed by atoms with Crippen LogP contribution in [-0.2, 0) is 33.9 Å². The van der Waals surface area contributed by atoms with Gasteiger partial charge in [0.05, 0.1) is 37.3 Å². The summed E-state index contributed by atoms with van der Waals surface area (Å²) in [5.41, 5.74) is -2.20. The molecule has 4 bridgehead atoms. The number of carbonyl (C=O) groups is 2. The molecule has 0 aromatic heterocycles. The predicted octanol–water partition coefficient (Wildman–Crippen LogP) is 0.0772. The first kappa shape index (κ1) is 22.9. The van der Waals surface area contributed by atoms with Crippen LogP contribution in [0.25, 0.3) is 0 Å². The summed E-state index contributed by atoms with van der Waals surface area (Å²) in [6.07, 6.45) is 1.86. The molecule has 2 atom stereocenters. The number of hydrogen-bond acceptors (Lipinski definition) is 9. The van der Waals surface area contributed by atoms with Crippen LogP contribution in [0.5, 0.6) is 0 Å². The van der Waals surface area contributed by atoms with Crippen molar-refractivity contribution in [3.05, 3.63) is 0 Å². The Morgan fingerprint density at radius 3 is 2.00 bits per heavy atom. The Bertz CT molecular complexity index is 856. The maximum Gasteiger partial charge on any atom is 0.466 e. The quantitative estimate of drug-likeness (QED) is 0.285. The van der Waals surface area contributed by atoms with Gasteiger partial charge in [0.1, 0.15) is 0 Å². The smallest absolute Gasteiger partial charge is 0.396 e. The molecule has 3 N–H and O–H groups in total. The van der Waals surface area contributed by atoms with E-state index in [4.69, 9.17) is 14.0 Å². The molecular weight excluding hydrogens is 446 g/mol. The molecule has 0 aromatic carbocycles. The summed E-state index contributed by atoms with van der Waals surface area (Å²) in [6.45, 7) is -0.571. The Kier molecular flexibility index (Phi) is 5.27. The van der Waals surface area contributed by atoms with E-state index in [1.54, 1.807) is 0 Å². The van der Waals surface area contributed by atoms with Gasteiger partial charge in [-0.25, -0.2) is 4.79 Å². The van der Waals surface area contributed by atoms with E-state index < -0.39 is 43.9 Å². The molecular formula is C18H24F2O10S. The van der Waals surface area contributed by atoms with Crippen molar-refractivity contribution < 1.29 is 55.8 Å². The molecule has 1 aliphatic heterocycles. The molecule has 5 fully saturated rings. The van der Waals surface area contributed by atoms with Gasteiger partial charge in [0.2, 0.25) is 0 Å². The summed E-state index contributed by atoms with van der Waals surface area (Å²) in [4.78, 5) is 24.4. The lowest BCUT2D eigenvalue weighted by molar-refractivity contribution is -0.390. The maximum atomic E-state index is 13.5. The summed E-state index contributed by atoms with van der Waals surface area (Å²) >= 11 is 0. The van der Waals surface area contributed by atoms with Crippen molar-refractivity contribution in [1.29, 1.82) is 0 Å². The Labute approximate surface area is 176 Å². The second kappa shape index (κ2) is 7.12. The van der Waals surface area contributed by atoms with E-state index in [0.29, 0.717) is 19.3 Å². The molecule has 176 valence electrons. The molecule has 2 unspecified atom stereocenters. The third-order valence-corrected chi connectivity index (χ3v) is 8.20. The Morgan fingerprint density at radius 1 is 1.03 bits per heavy atom. The number of carbonyl (C=O) groups excluding carboxylic acids is 2. The van der Waals surface area contributed by atoms with Crippen molar-refractivity contribution in [3.8, 4) is 0 Å². The zero-order chi connectivity index (χ0) is 22.9. The van der Waals surface area contributed by atoms with Gasteiger partial charge in [0, 0.05) is 11.8 Å². The number of esters is 2. The van der Waals surface area contributed by atoms with Gasteiger partial charge >= 0.3 is 27.3 Å². The van der Waals surface area contributed by atoms with Crippen LogP contribution in [-0.4, -0.2) is 72.6 Å². The summed E-state index contributed by atoms with van der Waals surface area (Å²) in [5.74, 6) is -5.49. The third-order valence-electron chi connectivity index (χ3n) is 7.39. The SMILES string of the molecule is O=C(OC(=O)C(F)(F)S(=O)(=O)O)C12CC3CC(C1)C1(OCC(CO)(CO)CO1)C(C3)C2. The Hall–Kier alpha value is -1.25. The van der Waals surface area contributed by atoms with Crippen LogP contribution >= 0.6 is 0 Å². The van der Waals surface area contributed by atoms with Gasteiger partial charge in [0.15, 0.2) is 5.79 Å². The molecule has 0 radical (unpaired) electrons. The second-order valence-corrected chi connectivity index (χ2v) is 10.9. The Morgan fingerprint density at radius 2 is 1.55 bits per heavy atom. The highest BCUT2D eigenvalue weighted by Gasteiger charge is 2.68. The third kappa shape index (κ3) is 3.32. The fourth-order valence-corrected chi connectivity index (χ4v) is 6.11. The predicted molar refractivity (Wildman–Crippen MR) is 94.8 cm³/mol. The van der Waals surface area contributed by atoms with Crippen LogP contribution in [0.2, 0.25) is 0 Å². The lowest BCUT2D eigenvalue weighted by Gasteiger charge is -2.64. The van der Waals surface area contributed by atoms with Crippen molar-refractivity contribution >= 4 is 22.1 Å². The molecule has 4 saturated carbocycles. The van der Waals surface area contributed by atoms with Crippen LogP contribution in [0.4, 0.5) is 8.78 Å². The molecule has 13 heteroatoms. The van der Waals surface area contributed by atoms with Crippen molar-refractivity contribution in [3.63, 3.8) is 0 Å². The van der Waals surface area contributed by atoms with Gasteiger partial charge in [-0.05, 0) is 38.0 Å². The van der Waals surface area contributed by atoms with Gasteiger partial charge in [-0.2, -0.15) is 17.2 Å². The summed E-state index contributed by atoms with van der Waals surface area (Å²) in [7, 11) is -6.08. The molecule has 10 nitrogen and oxygen atoms in total. The number of aliphatic hydroxyl groups excluding tert-OH is 2. The van der Waals surface area contributed by atoms with E-state index in [2.05, 4.69) is 4.74 Å². The average molecular weight is 470 g/mol. The number of alkyl halides is 2. The highest BCUT2D eigenvalue weighted by Crippen LogP contribution is 2.66. The fourth-order valence-electron chi connectivity index (χ4n) is 5.85. The van der Waals surface area contributed by atoms with Crippen molar-refractivity contribution in [2.45, 2.75) is 43.1 Å². The minimum atomic E-state index is -6.08. The number of aliphatic hydroxyl groups is 2. The van der Waals surface area contributed by atoms with E-state index in [0.717, 1.165) is 0 Å². The first-order valence-corrected chi connectivity index (χ1v) is 11.4. The zero-order valence-electron chi connectivity index (χ0n) is 16.5. The van der Waals surface area contributed by atoms with E-state index in [-0.39, 0.29) is 57.0 Å². The minimum absolute atomic E-state index is 0.0439. The van der Waals surface area contributed by atoms with Gasteiger partial charge in [-0.3, -0.25) is 9.35 Å². The topological polar surface area (TPSA) is 157 Å². The average Bonchev–Trinajstić information content (AvgIpc) is 2.71. The zero-order valence-corrected chi connectivity index (χ0v) is 17.3. The number of rotatable bonds is 5. The first-order chi connectivity index (χ1) is 14.3. The van der Waals surface area contributed by atoms with E-state index in [9.17, 15) is 37.0 Å². The highest BCUT2D eigenvalue weighted by atomic mass is 32.2. The number of ether oxygens (including phenoxy) is 3. The van der Waals surface area contributed by atoms with Crippen LogP contribution < -0.4 is 0 Å².